The lowest BCUT2D eigenvalue weighted by molar-refractivity contribution is -0.138. The van der Waals surface area contributed by atoms with Gasteiger partial charge in [-0.25, -0.2) is 9.59 Å². The number of amides is 4. The molecule has 0 fully saturated rings. The van der Waals surface area contributed by atoms with Crippen LogP contribution in [-0.4, -0.2) is 101 Å². The van der Waals surface area contributed by atoms with Gasteiger partial charge in [-0.05, 0) is 112 Å². The summed E-state index contributed by atoms with van der Waals surface area (Å²) in [6.45, 7) is 28.2. The Hall–Kier alpha value is -2.79. The van der Waals surface area contributed by atoms with E-state index in [1.165, 1.54) is 0 Å². The molecule has 4 amide bonds. The van der Waals surface area contributed by atoms with Gasteiger partial charge in [0.2, 0.25) is 18.1 Å². The lowest BCUT2D eigenvalue weighted by Gasteiger charge is -2.38. The van der Waals surface area contributed by atoms with Crippen molar-refractivity contribution in [1.82, 2.24) is 26.6 Å². The first-order valence-electron chi connectivity index (χ1n) is 19.2. The van der Waals surface area contributed by atoms with Crippen LogP contribution in [0, 0.1) is 0 Å². The minimum Gasteiger partial charge on any atom is -0.444 e. The summed E-state index contributed by atoms with van der Waals surface area (Å²) in [7, 11) is -2.38. The number of nitrogens with zero attached hydrogens (tertiary/aromatic N) is 1. The molecule has 0 aliphatic rings. The molecule has 1 atom stereocenters. The lowest BCUT2D eigenvalue weighted by atomic mass is 10.1. The first-order valence-corrected chi connectivity index (χ1v) is 22.1. The van der Waals surface area contributed by atoms with Crippen molar-refractivity contribution in [1.29, 1.82) is 0 Å². The van der Waals surface area contributed by atoms with Gasteiger partial charge >= 0.3 is 12.2 Å². The minimum absolute atomic E-state index is 0.0695. The van der Waals surface area contributed by atoms with E-state index in [9.17, 15) is 19.2 Å². The van der Waals surface area contributed by atoms with Gasteiger partial charge in [0.1, 0.15) is 11.2 Å². The van der Waals surface area contributed by atoms with Crippen LogP contribution in [0.25, 0.3) is 0 Å². The highest BCUT2D eigenvalue weighted by Crippen LogP contribution is 2.37. The zero-order valence-electron chi connectivity index (χ0n) is 35.2. The van der Waals surface area contributed by atoms with E-state index in [1.807, 2.05) is 26.9 Å². The highest BCUT2D eigenvalue weighted by Gasteiger charge is 2.41. The first kappa shape index (κ1) is 50.2. The SMILES string of the molecule is CCOC(CCNCCCCNC(=O)C(NC(=O)CCCCCCN=C(NC(=O)OC(C)(C)C)NC(=O)OC(C)(C)C)O[Si](C)(C)C(C)(C)C)OCC. The number of guanidine groups is 1. The third-order valence-electron chi connectivity index (χ3n) is 7.91. The molecular weight excluding hydrogens is 701 g/mol. The van der Waals surface area contributed by atoms with Crippen molar-refractivity contribution in [2.24, 2.45) is 4.99 Å². The summed E-state index contributed by atoms with van der Waals surface area (Å²) in [5.74, 6) is -0.671. The fourth-order valence-electron chi connectivity index (χ4n) is 4.30. The number of rotatable bonds is 23. The van der Waals surface area contributed by atoms with E-state index in [0.29, 0.717) is 39.1 Å². The molecule has 0 saturated carbocycles. The van der Waals surface area contributed by atoms with Gasteiger partial charge in [0.05, 0.1) is 0 Å². The standard InChI is InChI=1S/C37H74N6O9Si/c1-14-48-29(49-15-2)23-27-38-24-20-21-25-39-30(45)31(52-53(12,13)37(9,10)11)41-28(44)22-18-16-17-19-26-40-32(42-33(46)50-35(3,4)5)43-34(47)51-36(6,7)8/h29,31,38H,14-27H2,1-13H3,(H,39,45)(H,41,44)(H2,40,42,43,46,47). The van der Waals surface area contributed by atoms with E-state index in [1.54, 1.807) is 41.5 Å². The van der Waals surface area contributed by atoms with Gasteiger partial charge in [-0.2, -0.15) is 0 Å². The number of ether oxygens (including phenoxy) is 4. The molecule has 53 heavy (non-hydrogen) atoms. The average molecular weight is 775 g/mol. The number of nitrogens with one attached hydrogen (secondary N) is 5. The molecule has 0 saturated heterocycles. The van der Waals surface area contributed by atoms with Crippen molar-refractivity contribution in [3.05, 3.63) is 0 Å². The first-order chi connectivity index (χ1) is 24.5. The molecule has 0 aromatic carbocycles. The maximum atomic E-state index is 13.2. The number of alkyl carbamates (subject to hydrolysis) is 2. The molecule has 0 rings (SSSR count). The van der Waals surface area contributed by atoms with Gasteiger partial charge in [0.25, 0.3) is 5.91 Å². The molecule has 0 aliphatic heterocycles. The van der Waals surface area contributed by atoms with Gasteiger partial charge < -0.3 is 39.3 Å². The predicted molar refractivity (Wildman–Crippen MR) is 211 cm³/mol. The predicted octanol–water partition coefficient (Wildman–Crippen LogP) is 6.08. The number of hydrogen-bond donors (Lipinski definition) is 5. The summed E-state index contributed by atoms with van der Waals surface area (Å²) in [6.07, 6.45) is 2.62. The van der Waals surface area contributed by atoms with Gasteiger partial charge in [0.15, 0.2) is 14.6 Å². The smallest absolute Gasteiger partial charge is 0.414 e. The number of unbranched alkanes of at least 4 members (excludes halogenated alkanes) is 4. The highest BCUT2D eigenvalue weighted by atomic mass is 28.4. The summed E-state index contributed by atoms with van der Waals surface area (Å²) < 4.78 is 28.0. The number of carbonyl (C=O) groups excluding carboxylic acids is 4. The molecule has 0 aromatic heterocycles. The molecule has 0 radical (unpaired) electrons. The topological polar surface area (TPSA) is 187 Å². The molecule has 0 bridgehead atoms. The van der Waals surface area contributed by atoms with Crippen LogP contribution in [-0.2, 0) is 33.0 Å². The molecule has 310 valence electrons. The van der Waals surface area contributed by atoms with Crippen LogP contribution in [0.15, 0.2) is 4.99 Å². The van der Waals surface area contributed by atoms with Crippen LogP contribution in [0.3, 0.4) is 0 Å². The van der Waals surface area contributed by atoms with Crippen LogP contribution in [0.5, 0.6) is 0 Å². The number of carbonyl (C=O) groups is 4. The Balaban J connectivity index is 4.93. The van der Waals surface area contributed by atoms with Crippen molar-refractivity contribution in [2.45, 2.75) is 169 Å². The van der Waals surface area contributed by atoms with Crippen molar-refractivity contribution >= 4 is 38.3 Å². The molecule has 16 heteroatoms. The van der Waals surface area contributed by atoms with E-state index in [-0.39, 0.29) is 35.5 Å². The Kier molecular flexibility index (Phi) is 24.0. The highest BCUT2D eigenvalue weighted by molar-refractivity contribution is 6.74. The molecule has 5 N–H and O–H groups in total. The number of aliphatic imine (C=N–C) groups is 1. The molecule has 0 spiro atoms. The van der Waals surface area contributed by atoms with Crippen molar-refractivity contribution in [3.63, 3.8) is 0 Å². The van der Waals surface area contributed by atoms with E-state index in [0.717, 1.165) is 45.2 Å². The fourth-order valence-corrected chi connectivity index (χ4v) is 5.41. The average Bonchev–Trinajstić information content (AvgIpc) is 2.98. The van der Waals surface area contributed by atoms with Crippen LogP contribution in [0.2, 0.25) is 18.1 Å². The van der Waals surface area contributed by atoms with E-state index < -0.39 is 37.9 Å². The van der Waals surface area contributed by atoms with Crippen molar-refractivity contribution < 1.29 is 42.6 Å². The normalized spacial score (nSPS) is 12.9. The quantitative estimate of drug-likeness (QED) is 0.0268. The largest absolute Gasteiger partial charge is 0.444 e. The monoisotopic (exact) mass is 775 g/mol. The minimum atomic E-state index is -2.38. The summed E-state index contributed by atoms with van der Waals surface area (Å²) in [5, 5.41) is 13.9. The second-order valence-corrected chi connectivity index (χ2v) is 21.1. The molecule has 0 aliphatic carbocycles. The Bertz CT molecular complexity index is 1080. The Labute approximate surface area is 320 Å². The van der Waals surface area contributed by atoms with Gasteiger partial charge in [-0.1, -0.05) is 33.6 Å². The van der Waals surface area contributed by atoms with Crippen LogP contribution < -0.4 is 26.6 Å². The van der Waals surface area contributed by atoms with Gasteiger partial charge in [-0.3, -0.25) is 25.2 Å². The zero-order chi connectivity index (χ0) is 40.7. The second kappa shape index (κ2) is 25.3. The Morgan fingerprint density at radius 2 is 1.23 bits per heavy atom. The summed E-state index contributed by atoms with van der Waals surface area (Å²) >= 11 is 0. The van der Waals surface area contributed by atoms with Gasteiger partial charge in [0, 0.05) is 39.1 Å². The Morgan fingerprint density at radius 3 is 1.74 bits per heavy atom. The van der Waals surface area contributed by atoms with Crippen LogP contribution in [0.1, 0.15) is 128 Å². The van der Waals surface area contributed by atoms with E-state index in [4.69, 9.17) is 23.4 Å². The van der Waals surface area contributed by atoms with Crippen molar-refractivity contribution in [3.8, 4) is 0 Å². The van der Waals surface area contributed by atoms with Gasteiger partial charge in [-0.15, -0.1) is 0 Å². The van der Waals surface area contributed by atoms with Crippen molar-refractivity contribution in [2.75, 3.05) is 39.4 Å². The van der Waals surface area contributed by atoms with E-state index in [2.05, 4.69) is 52.3 Å². The molecule has 1 unspecified atom stereocenters. The second-order valence-electron chi connectivity index (χ2n) is 16.4. The Morgan fingerprint density at radius 1 is 0.698 bits per heavy atom. The molecule has 0 aromatic rings. The third kappa shape index (κ3) is 26.6. The van der Waals surface area contributed by atoms with E-state index >= 15 is 0 Å². The molecule has 0 heterocycles. The van der Waals surface area contributed by atoms with Crippen LogP contribution in [0.4, 0.5) is 9.59 Å². The maximum absolute atomic E-state index is 13.2. The number of hydrogen-bond acceptors (Lipinski definition) is 11. The summed E-state index contributed by atoms with van der Waals surface area (Å²) in [6, 6.07) is 0. The third-order valence-corrected chi connectivity index (χ3v) is 12.3. The molecule has 15 nitrogen and oxygen atoms in total. The summed E-state index contributed by atoms with van der Waals surface area (Å²) in [5.41, 5.74) is -1.46. The summed E-state index contributed by atoms with van der Waals surface area (Å²) in [4.78, 5) is 55.1. The fraction of sp³-hybridized carbons (Fsp3) is 0.865. The molecular formula is C37H74N6O9Si. The lowest BCUT2D eigenvalue weighted by Crippen LogP contribution is -2.55. The van der Waals surface area contributed by atoms with Crippen LogP contribution >= 0.6 is 0 Å². The zero-order valence-corrected chi connectivity index (χ0v) is 36.2. The maximum Gasteiger partial charge on any atom is 0.414 e.